The monoisotopic (exact) mass is 466 g/mol. The van der Waals surface area contributed by atoms with Crippen LogP contribution < -0.4 is 14.9 Å². The Kier molecular flexibility index (Phi) is 7.41. The number of hydrogen-bond donors (Lipinski definition) is 2. The van der Waals surface area contributed by atoms with Gasteiger partial charge in [-0.05, 0) is 78.1 Å². The van der Waals surface area contributed by atoms with Crippen molar-refractivity contribution in [1.82, 2.24) is 9.62 Å². The molecule has 0 bridgehead atoms. The van der Waals surface area contributed by atoms with Crippen molar-refractivity contribution < 1.29 is 17.9 Å². The third kappa shape index (κ3) is 5.94. The number of urea groups is 1. The number of likely N-dealkylation sites (tertiary alicyclic amines) is 1. The highest BCUT2D eigenvalue weighted by molar-refractivity contribution is 7.90. The number of rotatable bonds is 4. The molecule has 0 saturated carbocycles. The average molecular weight is 467 g/mol. The van der Waals surface area contributed by atoms with Gasteiger partial charge in [0.1, 0.15) is 0 Å². The van der Waals surface area contributed by atoms with Crippen LogP contribution >= 0.6 is 0 Å². The highest BCUT2D eigenvalue weighted by atomic mass is 32.2. The van der Waals surface area contributed by atoms with E-state index in [-0.39, 0.29) is 24.3 Å². The van der Waals surface area contributed by atoms with Gasteiger partial charge in [0, 0.05) is 43.6 Å². The van der Waals surface area contributed by atoms with Crippen LogP contribution in [0.5, 0.6) is 0 Å². The van der Waals surface area contributed by atoms with Crippen LogP contribution in [0.3, 0.4) is 0 Å². The lowest BCUT2D eigenvalue weighted by Gasteiger charge is -2.37. The molecule has 2 aliphatic heterocycles. The summed E-state index contributed by atoms with van der Waals surface area (Å²) < 4.78 is 32.5. The van der Waals surface area contributed by atoms with Crippen molar-refractivity contribution in [2.75, 3.05) is 36.4 Å². The van der Waals surface area contributed by atoms with E-state index in [2.05, 4.69) is 34.9 Å². The standard InChI is InChI=1S/C23H38N4O4S/c1-16-13-20(27-14-17(2)31-18(3)15-27)7-8-21(16)24-22(28)26-11-9-19(10-12-26)25-32(29,30)23(4,5)6/h7-8,13,17-19,25H,9-12,14-15H2,1-6H3,(H,24,28). The van der Waals surface area contributed by atoms with Gasteiger partial charge >= 0.3 is 6.03 Å². The minimum Gasteiger partial charge on any atom is -0.372 e. The molecule has 3 rings (SSSR count). The highest BCUT2D eigenvalue weighted by Gasteiger charge is 2.33. The Bertz CT molecular complexity index is 910. The van der Waals surface area contributed by atoms with Crippen molar-refractivity contribution in [3.63, 3.8) is 0 Å². The maximum atomic E-state index is 12.8. The molecule has 2 N–H and O–H groups in total. The maximum Gasteiger partial charge on any atom is 0.321 e. The summed E-state index contributed by atoms with van der Waals surface area (Å²) in [6.07, 6.45) is 1.59. The normalized spacial score (nSPS) is 23.3. The maximum absolute atomic E-state index is 12.8. The number of anilines is 2. The molecule has 0 aromatic heterocycles. The van der Waals surface area contributed by atoms with Gasteiger partial charge in [0.25, 0.3) is 0 Å². The molecule has 1 aromatic rings. The molecular weight excluding hydrogens is 428 g/mol. The van der Waals surface area contributed by atoms with E-state index >= 15 is 0 Å². The molecule has 180 valence electrons. The molecular formula is C23H38N4O4S. The lowest BCUT2D eigenvalue weighted by Crippen LogP contribution is -2.50. The number of hydrogen-bond acceptors (Lipinski definition) is 5. The second-order valence-electron chi connectivity index (χ2n) is 10.1. The predicted molar refractivity (Wildman–Crippen MR) is 129 cm³/mol. The van der Waals surface area contributed by atoms with Gasteiger partial charge in [-0.3, -0.25) is 0 Å². The zero-order valence-electron chi connectivity index (χ0n) is 20.1. The summed E-state index contributed by atoms with van der Waals surface area (Å²) >= 11 is 0. The molecule has 2 saturated heterocycles. The summed E-state index contributed by atoms with van der Waals surface area (Å²) in [4.78, 5) is 16.9. The lowest BCUT2D eigenvalue weighted by atomic mass is 10.1. The molecule has 0 aliphatic carbocycles. The van der Waals surface area contributed by atoms with E-state index in [1.807, 2.05) is 19.1 Å². The molecule has 2 unspecified atom stereocenters. The van der Waals surface area contributed by atoms with Crippen molar-refractivity contribution in [3.8, 4) is 0 Å². The Hall–Kier alpha value is -1.84. The molecule has 9 heteroatoms. The van der Waals surface area contributed by atoms with Gasteiger partial charge in [-0.1, -0.05) is 0 Å². The number of piperidine rings is 1. The molecule has 32 heavy (non-hydrogen) atoms. The molecule has 2 fully saturated rings. The van der Waals surface area contributed by atoms with Gasteiger partial charge in [-0.15, -0.1) is 0 Å². The van der Waals surface area contributed by atoms with E-state index in [1.54, 1.807) is 25.7 Å². The first kappa shape index (κ1) is 24.8. The molecule has 2 atom stereocenters. The van der Waals surface area contributed by atoms with E-state index in [0.717, 1.165) is 30.0 Å². The van der Waals surface area contributed by atoms with Crippen LogP contribution in [0.25, 0.3) is 0 Å². The summed E-state index contributed by atoms with van der Waals surface area (Å²) in [5, 5.41) is 3.02. The molecule has 1 aromatic carbocycles. The largest absolute Gasteiger partial charge is 0.372 e. The first-order valence-electron chi connectivity index (χ1n) is 11.4. The molecule has 2 amide bonds. The Morgan fingerprint density at radius 1 is 1.09 bits per heavy atom. The smallest absolute Gasteiger partial charge is 0.321 e. The number of nitrogens with one attached hydrogen (secondary N) is 2. The molecule has 2 heterocycles. The third-order valence-corrected chi connectivity index (χ3v) is 8.40. The summed E-state index contributed by atoms with van der Waals surface area (Å²) in [5.74, 6) is 0. The Balaban J connectivity index is 1.55. The number of carbonyl (C=O) groups is 1. The lowest BCUT2D eigenvalue weighted by molar-refractivity contribution is -0.00522. The van der Waals surface area contributed by atoms with E-state index in [0.29, 0.717) is 25.9 Å². The van der Waals surface area contributed by atoms with Crippen molar-refractivity contribution in [1.29, 1.82) is 0 Å². The van der Waals surface area contributed by atoms with Crippen LogP contribution in [0.1, 0.15) is 53.0 Å². The van der Waals surface area contributed by atoms with Gasteiger partial charge in [0.15, 0.2) is 0 Å². The summed E-state index contributed by atoms with van der Waals surface area (Å²) in [6.45, 7) is 14.0. The second kappa shape index (κ2) is 9.57. The quantitative estimate of drug-likeness (QED) is 0.710. The molecule has 8 nitrogen and oxygen atoms in total. The fourth-order valence-corrected chi connectivity index (χ4v) is 5.19. The van der Waals surface area contributed by atoms with Crippen molar-refractivity contribution in [2.45, 2.75) is 77.4 Å². The summed E-state index contributed by atoms with van der Waals surface area (Å²) in [5.41, 5.74) is 2.94. The second-order valence-corrected chi connectivity index (χ2v) is 12.6. The SMILES string of the molecule is Cc1cc(N2CC(C)OC(C)C2)ccc1NC(=O)N1CCC(NS(=O)(=O)C(C)(C)C)CC1. The number of sulfonamides is 1. The van der Waals surface area contributed by atoms with Crippen LogP contribution in [-0.2, 0) is 14.8 Å². The zero-order valence-corrected chi connectivity index (χ0v) is 21.0. The van der Waals surface area contributed by atoms with E-state index in [9.17, 15) is 13.2 Å². The third-order valence-electron chi connectivity index (χ3n) is 6.15. The number of amides is 2. The number of ether oxygens (including phenoxy) is 1. The number of nitrogens with zero attached hydrogens (tertiary/aromatic N) is 2. The fourth-order valence-electron chi connectivity index (χ4n) is 4.16. The van der Waals surface area contributed by atoms with Crippen molar-refractivity contribution in [3.05, 3.63) is 23.8 Å². The zero-order chi connectivity index (χ0) is 23.7. The Morgan fingerprint density at radius 3 is 2.22 bits per heavy atom. The minimum atomic E-state index is -3.39. The number of benzene rings is 1. The van der Waals surface area contributed by atoms with Gasteiger partial charge in [-0.2, -0.15) is 0 Å². The van der Waals surface area contributed by atoms with E-state index < -0.39 is 14.8 Å². The average Bonchev–Trinajstić information content (AvgIpc) is 2.68. The van der Waals surface area contributed by atoms with Crippen LogP contribution in [-0.4, -0.2) is 68.5 Å². The van der Waals surface area contributed by atoms with Gasteiger partial charge in [0.05, 0.1) is 17.0 Å². The number of carbonyl (C=O) groups excluding carboxylic acids is 1. The van der Waals surface area contributed by atoms with Crippen molar-refractivity contribution >= 4 is 27.4 Å². The van der Waals surface area contributed by atoms with Crippen LogP contribution in [0.15, 0.2) is 18.2 Å². The number of morpholine rings is 1. The fraction of sp³-hybridized carbons (Fsp3) is 0.696. The summed E-state index contributed by atoms with van der Waals surface area (Å²) in [6, 6.07) is 5.82. The van der Waals surface area contributed by atoms with E-state index in [1.165, 1.54) is 0 Å². The Morgan fingerprint density at radius 2 is 1.69 bits per heavy atom. The van der Waals surface area contributed by atoms with Gasteiger partial charge < -0.3 is 19.9 Å². The highest BCUT2D eigenvalue weighted by Crippen LogP contribution is 2.26. The topological polar surface area (TPSA) is 91.0 Å². The number of aryl methyl sites for hydroxylation is 1. The molecule has 0 radical (unpaired) electrons. The predicted octanol–water partition coefficient (Wildman–Crippen LogP) is 3.32. The van der Waals surface area contributed by atoms with Gasteiger partial charge in [-0.25, -0.2) is 17.9 Å². The van der Waals surface area contributed by atoms with E-state index in [4.69, 9.17) is 4.74 Å². The van der Waals surface area contributed by atoms with Crippen LogP contribution in [0.4, 0.5) is 16.2 Å². The minimum absolute atomic E-state index is 0.136. The first-order chi connectivity index (χ1) is 14.9. The molecule has 0 spiro atoms. The Labute approximate surface area is 192 Å². The van der Waals surface area contributed by atoms with Crippen LogP contribution in [0.2, 0.25) is 0 Å². The molecule has 2 aliphatic rings. The van der Waals surface area contributed by atoms with Gasteiger partial charge in [0.2, 0.25) is 10.0 Å². The van der Waals surface area contributed by atoms with Crippen LogP contribution in [0, 0.1) is 6.92 Å². The first-order valence-corrected chi connectivity index (χ1v) is 12.9. The summed E-state index contributed by atoms with van der Waals surface area (Å²) in [7, 11) is -3.39. The van der Waals surface area contributed by atoms with Crippen molar-refractivity contribution in [2.24, 2.45) is 0 Å².